The van der Waals surface area contributed by atoms with Gasteiger partial charge in [0.05, 0.1) is 35.1 Å². The van der Waals surface area contributed by atoms with Crippen molar-refractivity contribution in [3.05, 3.63) is 58.7 Å². The number of para-hydroxylation sites is 1. The highest BCUT2D eigenvalue weighted by atomic mass is 19.4. The Labute approximate surface area is 222 Å². The smallest absolute Gasteiger partial charge is 0.325 e. The third-order valence-corrected chi connectivity index (χ3v) is 7.07. The SMILES string of the molecule is CCN(CC(F)(F)F)CC1(C(=O)Nc2cc(C#N)cc(C(F)(F)F)c2)CN(c2c(C)cccc2C)C(=O)C1C. The number of nitrogens with zero attached hydrogens (tertiary/aromatic N) is 3. The molecule has 6 nitrogen and oxygen atoms in total. The van der Waals surface area contributed by atoms with Crippen LogP contribution in [-0.2, 0) is 15.8 Å². The molecule has 210 valence electrons. The van der Waals surface area contributed by atoms with E-state index in [0.29, 0.717) is 28.9 Å². The third kappa shape index (κ3) is 6.36. The molecular weight excluding hydrogens is 526 g/mol. The molecule has 0 spiro atoms. The van der Waals surface area contributed by atoms with Gasteiger partial charge in [-0.3, -0.25) is 14.5 Å². The molecule has 1 fully saturated rings. The second-order valence-electron chi connectivity index (χ2n) is 9.82. The molecule has 2 aromatic carbocycles. The van der Waals surface area contributed by atoms with Gasteiger partial charge in [0.25, 0.3) is 0 Å². The van der Waals surface area contributed by atoms with Gasteiger partial charge in [0, 0.05) is 24.5 Å². The predicted molar refractivity (Wildman–Crippen MR) is 133 cm³/mol. The summed E-state index contributed by atoms with van der Waals surface area (Å²) in [6.07, 6.45) is -9.40. The van der Waals surface area contributed by atoms with E-state index in [1.165, 1.54) is 18.7 Å². The Morgan fingerprint density at radius 2 is 1.77 bits per heavy atom. The van der Waals surface area contributed by atoms with Gasteiger partial charge in [-0.25, -0.2) is 0 Å². The molecule has 12 heteroatoms. The Kier molecular flexibility index (Phi) is 8.36. The van der Waals surface area contributed by atoms with Crippen LogP contribution in [0.5, 0.6) is 0 Å². The number of nitrogens with one attached hydrogen (secondary N) is 1. The van der Waals surface area contributed by atoms with E-state index in [2.05, 4.69) is 5.32 Å². The zero-order valence-electron chi connectivity index (χ0n) is 21.8. The van der Waals surface area contributed by atoms with Crippen molar-refractivity contribution in [1.29, 1.82) is 5.26 Å². The normalized spacial score (nSPS) is 19.9. The molecule has 0 radical (unpaired) electrons. The second kappa shape index (κ2) is 10.9. The summed E-state index contributed by atoms with van der Waals surface area (Å²) in [5.74, 6) is -2.52. The van der Waals surface area contributed by atoms with Crippen molar-refractivity contribution >= 4 is 23.2 Å². The van der Waals surface area contributed by atoms with E-state index in [0.717, 1.165) is 11.0 Å². The van der Waals surface area contributed by atoms with Crippen LogP contribution in [0.1, 0.15) is 36.1 Å². The van der Waals surface area contributed by atoms with Crippen molar-refractivity contribution in [2.45, 2.75) is 40.0 Å². The van der Waals surface area contributed by atoms with Crippen LogP contribution in [0.15, 0.2) is 36.4 Å². The number of rotatable bonds is 7. The minimum Gasteiger partial charge on any atom is -0.325 e. The molecule has 0 saturated carbocycles. The number of halogens is 6. The fourth-order valence-corrected chi connectivity index (χ4v) is 5.03. The third-order valence-electron chi connectivity index (χ3n) is 7.07. The summed E-state index contributed by atoms with van der Waals surface area (Å²) in [5.41, 5.74) is -1.70. The lowest BCUT2D eigenvalue weighted by Crippen LogP contribution is -2.52. The summed E-state index contributed by atoms with van der Waals surface area (Å²) in [4.78, 5) is 29.7. The van der Waals surface area contributed by atoms with Crippen molar-refractivity contribution in [3.63, 3.8) is 0 Å². The molecular formula is C27H28F6N4O2. The number of anilines is 2. The maximum atomic E-state index is 13.9. The molecule has 0 aliphatic carbocycles. The van der Waals surface area contributed by atoms with Gasteiger partial charge in [-0.15, -0.1) is 0 Å². The molecule has 1 aliphatic rings. The fourth-order valence-electron chi connectivity index (χ4n) is 5.03. The Bertz CT molecular complexity index is 1280. The quantitative estimate of drug-likeness (QED) is 0.447. The van der Waals surface area contributed by atoms with E-state index in [9.17, 15) is 41.2 Å². The Morgan fingerprint density at radius 1 is 1.15 bits per heavy atom. The van der Waals surface area contributed by atoms with Crippen LogP contribution in [0.3, 0.4) is 0 Å². The van der Waals surface area contributed by atoms with Crippen LogP contribution < -0.4 is 10.2 Å². The van der Waals surface area contributed by atoms with Gasteiger partial charge in [-0.2, -0.15) is 31.6 Å². The van der Waals surface area contributed by atoms with E-state index in [1.807, 2.05) is 0 Å². The highest BCUT2D eigenvalue weighted by Crippen LogP contribution is 2.43. The molecule has 1 aliphatic heterocycles. The van der Waals surface area contributed by atoms with Gasteiger partial charge in [-0.1, -0.05) is 32.0 Å². The molecule has 3 rings (SSSR count). The molecule has 1 N–H and O–H groups in total. The monoisotopic (exact) mass is 554 g/mol. The van der Waals surface area contributed by atoms with Gasteiger partial charge >= 0.3 is 12.4 Å². The van der Waals surface area contributed by atoms with Crippen LogP contribution in [0.25, 0.3) is 0 Å². The molecule has 0 bridgehead atoms. The molecule has 0 aromatic heterocycles. The molecule has 39 heavy (non-hydrogen) atoms. The average Bonchev–Trinajstić information content (AvgIpc) is 3.07. The second-order valence-corrected chi connectivity index (χ2v) is 9.82. The van der Waals surface area contributed by atoms with E-state index in [1.54, 1.807) is 38.1 Å². The van der Waals surface area contributed by atoms with Crippen LogP contribution >= 0.6 is 0 Å². The minimum absolute atomic E-state index is 0.0962. The topological polar surface area (TPSA) is 76.4 Å². The van der Waals surface area contributed by atoms with E-state index in [4.69, 9.17) is 0 Å². The number of carbonyl (C=O) groups is 2. The number of hydrogen-bond acceptors (Lipinski definition) is 4. The lowest BCUT2D eigenvalue weighted by atomic mass is 9.77. The zero-order chi connectivity index (χ0) is 29.3. The van der Waals surface area contributed by atoms with Crippen LogP contribution in [0.4, 0.5) is 37.7 Å². The van der Waals surface area contributed by atoms with Gasteiger partial charge in [0.1, 0.15) is 0 Å². The summed E-state index contributed by atoms with van der Waals surface area (Å²) in [6.45, 7) is 4.23. The summed E-state index contributed by atoms with van der Waals surface area (Å²) in [5, 5.41) is 11.6. The summed E-state index contributed by atoms with van der Waals surface area (Å²) in [6, 6.07) is 9.21. The molecule has 1 heterocycles. The lowest BCUT2D eigenvalue weighted by Gasteiger charge is -2.36. The summed E-state index contributed by atoms with van der Waals surface area (Å²) >= 11 is 0. The number of alkyl halides is 6. The number of aryl methyl sites for hydroxylation is 2. The average molecular weight is 555 g/mol. The number of nitriles is 1. The lowest BCUT2D eigenvalue weighted by molar-refractivity contribution is -0.152. The minimum atomic E-state index is -4.81. The maximum Gasteiger partial charge on any atom is 0.416 e. The van der Waals surface area contributed by atoms with Crippen molar-refractivity contribution in [2.24, 2.45) is 11.3 Å². The summed E-state index contributed by atoms with van der Waals surface area (Å²) in [7, 11) is 0. The van der Waals surface area contributed by atoms with Gasteiger partial charge in [0.2, 0.25) is 11.8 Å². The van der Waals surface area contributed by atoms with Crippen LogP contribution in [0, 0.1) is 36.5 Å². The molecule has 1 saturated heterocycles. The first-order valence-electron chi connectivity index (χ1n) is 12.1. The van der Waals surface area contributed by atoms with Gasteiger partial charge < -0.3 is 10.2 Å². The van der Waals surface area contributed by atoms with Crippen LogP contribution in [-0.4, -0.2) is 49.1 Å². The molecule has 2 amide bonds. The first kappa shape index (κ1) is 30.0. The first-order valence-corrected chi connectivity index (χ1v) is 12.1. The highest BCUT2D eigenvalue weighted by molar-refractivity contribution is 6.08. The Hall–Kier alpha value is -3.59. The van der Waals surface area contributed by atoms with Gasteiger partial charge in [-0.05, 0) is 49.7 Å². The number of benzene rings is 2. The number of carbonyl (C=O) groups excluding carboxylic acids is 2. The Balaban J connectivity index is 2.11. The Morgan fingerprint density at radius 3 is 2.28 bits per heavy atom. The number of amides is 2. The van der Waals surface area contributed by atoms with Crippen LogP contribution in [0.2, 0.25) is 0 Å². The van der Waals surface area contributed by atoms with Crippen molar-refractivity contribution in [1.82, 2.24) is 4.90 Å². The van der Waals surface area contributed by atoms with Crippen molar-refractivity contribution in [2.75, 3.05) is 36.4 Å². The highest BCUT2D eigenvalue weighted by Gasteiger charge is 2.56. The van der Waals surface area contributed by atoms with E-state index < -0.39 is 54.2 Å². The summed E-state index contributed by atoms with van der Waals surface area (Å²) < 4.78 is 80.3. The number of hydrogen-bond donors (Lipinski definition) is 1. The fraction of sp³-hybridized carbons (Fsp3) is 0.444. The zero-order valence-corrected chi connectivity index (χ0v) is 21.8. The molecule has 2 unspecified atom stereocenters. The maximum absolute atomic E-state index is 13.9. The van der Waals surface area contributed by atoms with E-state index in [-0.39, 0.29) is 24.3 Å². The van der Waals surface area contributed by atoms with Crippen molar-refractivity contribution < 1.29 is 35.9 Å². The van der Waals surface area contributed by atoms with Crippen molar-refractivity contribution in [3.8, 4) is 6.07 Å². The molecule has 2 aromatic rings. The first-order chi connectivity index (χ1) is 18.0. The van der Waals surface area contributed by atoms with E-state index >= 15 is 0 Å². The predicted octanol–water partition coefficient (Wildman–Crippen LogP) is 5.69. The molecule has 2 atom stereocenters. The largest absolute Gasteiger partial charge is 0.416 e. The standard InChI is InChI=1S/C27H28F6N4O2/c1-5-36(15-26(28,29)30)13-25(14-37(23(38)18(25)4)22-16(2)7-6-8-17(22)3)24(39)35-21-10-19(12-34)9-20(11-21)27(31,32)33/h6-11,18H,5,13-15H2,1-4H3,(H,35,39). The van der Waals surface area contributed by atoms with Gasteiger partial charge in [0.15, 0.2) is 0 Å².